The van der Waals surface area contributed by atoms with Crippen molar-refractivity contribution in [2.24, 2.45) is 5.73 Å². The average Bonchev–Trinajstić information content (AvgIpc) is 2.34. The molecule has 1 aromatic rings. The largest absolute Gasteiger partial charge is 0.508 e. The second kappa shape index (κ2) is 4.65. The lowest BCUT2D eigenvalue weighted by atomic mass is 9.69. The number of aryl methyl sites for hydroxylation is 1. The summed E-state index contributed by atoms with van der Waals surface area (Å²) < 4.78 is 14.1. The van der Waals surface area contributed by atoms with Crippen LogP contribution in [-0.2, 0) is 5.41 Å². The van der Waals surface area contributed by atoms with Gasteiger partial charge in [0.1, 0.15) is 11.6 Å². The second-order valence-corrected chi connectivity index (χ2v) is 5.16. The highest BCUT2D eigenvalue weighted by atomic mass is 19.1. The molecule has 1 fully saturated rings. The van der Waals surface area contributed by atoms with Crippen LogP contribution in [0.4, 0.5) is 4.39 Å². The van der Waals surface area contributed by atoms with Gasteiger partial charge in [0.05, 0.1) is 0 Å². The van der Waals surface area contributed by atoms with Gasteiger partial charge in [-0.15, -0.1) is 0 Å². The van der Waals surface area contributed by atoms with E-state index in [2.05, 4.69) is 0 Å². The summed E-state index contributed by atoms with van der Waals surface area (Å²) in [7, 11) is 0. The smallest absolute Gasteiger partial charge is 0.127 e. The number of phenolic OH excluding ortho intramolecular Hbond substituents is 1. The fraction of sp³-hybridized carbons (Fsp3) is 0.571. The molecule has 1 aromatic carbocycles. The van der Waals surface area contributed by atoms with E-state index in [0.717, 1.165) is 25.7 Å². The molecule has 1 saturated carbocycles. The summed E-state index contributed by atoms with van der Waals surface area (Å²) in [4.78, 5) is 0. The summed E-state index contributed by atoms with van der Waals surface area (Å²) in [5, 5.41) is 9.76. The van der Waals surface area contributed by atoms with Crippen LogP contribution < -0.4 is 5.73 Å². The van der Waals surface area contributed by atoms with Crippen LogP contribution >= 0.6 is 0 Å². The first kappa shape index (κ1) is 12.4. The maximum Gasteiger partial charge on any atom is 0.127 e. The monoisotopic (exact) mass is 237 g/mol. The Morgan fingerprint density at radius 1 is 1.29 bits per heavy atom. The van der Waals surface area contributed by atoms with E-state index < -0.39 is 0 Å². The number of aromatic hydroxyl groups is 1. The topological polar surface area (TPSA) is 46.2 Å². The molecule has 94 valence electrons. The van der Waals surface area contributed by atoms with Gasteiger partial charge in [0.2, 0.25) is 0 Å². The zero-order valence-electron chi connectivity index (χ0n) is 10.3. The molecule has 0 amide bonds. The Kier molecular flexibility index (Phi) is 3.38. The fourth-order valence-electron chi connectivity index (χ4n) is 2.88. The number of phenols is 1. The molecule has 1 aliphatic rings. The van der Waals surface area contributed by atoms with Crippen molar-refractivity contribution in [2.45, 2.75) is 44.4 Å². The molecule has 2 rings (SSSR count). The lowest BCUT2D eigenvalue weighted by molar-refractivity contribution is 0.290. The third-order valence-electron chi connectivity index (χ3n) is 4.06. The summed E-state index contributed by atoms with van der Waals surface area (Å²) in [5.41, 5.74) is 6.79. The number of benzene rings is 1. The van der Waals surface area contributed by atoms with Gasteiger partial charge in [0.15, 0.2) is 0 Å². The van der Waals surface area contributed by atoms with Gasteiger partial charge in [-0.1, -0.05) is 19.3 Å². The van der Waals surface area contributed by atoms with Crippen LogP contribution in [-0.4, -0.2) is 11.7 Å². The number of nitrogens with two attached hydrogens (primary N) is 1. The normalized spacial score (nSPS) is 19.2. The lowest BCUT2D eigenvalue weighted by Gasteiger charge is -2.37. The van der Waals surface area contributed by atoms with Crippen LogP contribution in [0.15, 0.2) is 12.1 Å². The Hall–Kier alpha value is -1.09. The Bertz CT molecular complexity index is 411. The summed E-state index contributed by atoms with van der Waals surface area (Å²) in [6.07, 6.45) is 5.21. The Morgan fingerprint density at radius 3 is 2.53 bits per heavy atom. The van der Waals surface area contributed by atoms with E-state index in [0.29, 0.717) is 17.7 Å². The van der Waals surface area contributed by atoms with Crippen molar-refractivity contribution in [3.63, 3.8) is 0 Å². The molecule has 0 heterocycles. The second-order valence-electron chi connectivity index (χ2n) is 5.16. The van der Waals surface area contributed by atoms with Crippen molar-refractivity contribution in [3.8, 4) is 5.75 Å². The van der Waals surface area contributed by atoms with E-state index in [1.54, 1.807) is 13.0 Å². The predicted octanol–water partition coefficient (Wildman–Crippen LogP) is 3.00. The standard InChI is InChI=1S/C14H20FNO/c1-10-7-12(15)11(8-13(10)17)14(9-16)5-3-2-4-6-14/h7-8,17H,2-6,9,16H2,1H3. The number of rotatable bonds is 2. The molecule has 17 heavy (non-hydrogen) atoms. The molecular weight excluding hydrogens is 217 g/mol. The molecule has 1 aliphatic carbocycles. The predicted molar refractivity (Wildman–Crippen MR) is 66.6 cm³/mol. The third-order valence-corrected chi connectivity index (χ3v) is 4.06. The molecule has 0 saturated heterocycles. The average molecular weight is 237 g/mol. The molecule has 0 aliphatic heterocycles. The first-order valence-electron chi connectivity index (χ1n) is 6.29. The van der Waals surface area contributed by atoms with Gasteiger partial charge in [0, 0.05) is 12.0 Å². The molecule has 0 bridgehead atoms. The molecule has 2 nitrogen and oxygen atoms in total. The van der Waals surface area contributed by atoms with Crippen LogP contribution in [0.2, 0.25) is 0 Å². The highest BCUT2D eigenvalue weighted by molar-refractivity contribution is 5.40. The fourth-order valence-corrected chi connectivity index (χ4v) is 2.88. The minimum Gasteiger partial charge on any atom is -0.508 e. The Balaban J connectivity index is 2.46. The van der Waals surface area contributed by atoms with Gasteiger partial charge < -0.3 is 10.8 Å². The van der Waals surface area contributed by atoms with Crippen molar-refractivity contribution in [1.82, 2.24) is 0 Å². The van der Waals surface area contributed by atoms with Crippen molar-refractivity contribution >= 4 is 0 Å². The SMILES string of the molecule is Cc1cc(F)c(C2(CN)CCCCC2)cc1O. The van der Waals surface area contributed by atoms with Crippen molar-refractivity contribution < 1.29 is 9.50 Å². The minimum atomic E-state index is -0.270. The first-order chi connectivity index (χ1) is 8.09. The summed E-state index contributed by atoms with van der Waals surface area (Å²) >= 11 is 0. The van der Waals surface area contributed by atoms with Gasteiger partial charge in [-0.2, -0.15) is 0 Å². The molecule has 0 unspecified atom stereocenters. The maximum absolute atomic E-state index is 14.1. The van der Waals surface area contributed by atoms with Gasteiger partial charge in [0.25, 0.3) is 0 Å². The highest BCUT2D eigenvalue weighted by Crippen LogP contribution is 2.41. The van der Waals surface area contributed by atoms with Crippen LogP contribution in [0.25, 0.3) is 0 Å². The summed E-state index contributed by atoms with van der Waals surface area (Å²) in [5.74, 6) is -0.0625. The van der Waals surface area contributed by atoms with E-state index >= 15 is 0 Å². The van der Waals surface area contributed by atoms with E-state index in [1.165, 1.54) is 12.5 Å². The molecule has 0 radical (unpaired) electrons. The quantitative estimate of drug-likeness (QED) is 0.830. The molecule has 3 heteroatoms. The highest BCUT2D eigenvalue weighted by Gasteiger charge is 2.35. The Labute approximate surface area is 102 Å². The number of hydrogen-bond donors (Lipinski definition) is 2. The molecular formula is C14H20FNO. The molecule has 0 atom stereocenters. The zero-order chi connectivity index (χ0) is 12.5. The lowest BCUT2D eigenvalue weighted by Crippen LogP contribution is -2.38. The van der Waals surface area contributed by atoms with Gasteiger partial charge in [-0.3, -0.25) is 0 Å². The van der Waals surface area contributed by atoms with Crippen LogP contribution in [0.5, 0.6) is 5.75 Å². The first-order valence-corrected chi connectivity index (χ1v) is 6.29. The van der Waals surface area contributed by atoms with Crippen LogP contribution in [0, 0.1) is 12.7 Å². The molecule has 0 spiro atoms. The van der Waals surface area contributed by atoms with Crippen molar-refractivity contribution in [1.29, 1.82) is 0 Å². The maximum atomic E-state index is 14.1. The van der Waals surface area contributed by atoms with Crippen LogP contribution in [0.1, 0.15) is 43.2 Å². The minimum absolute atomic E-state index is 0.166. The van der Waals surface area contributed by atoms with E-state index in [1.807, 2.05) is 0 Å². The Morgan fingerprint density at radius 2 is 1.94 bits per heavy atom. The van der Waals surface area contributed by atoms with E-state index in [9.17, 15) is 9.50 Å². The number of halogens is 1. The molecule has 3 N–H and O–H groups in total. The summed E-state index contributed by atoms with van der Waals surface area (Å²) in [6, 6.07) is 2.99. The third kappa shape index (κ3) is 2.16. The van der Waals surface area contributed by atoms with Crippen molar-refractivity contribution in [3.05, 3.63) is 29.1 Å². The van der Waals surface area contributed by atoms with Crippen LogP contribution in [0.3, 0.4) is 0 Å². The number of hydrogen-bond acceptors (Lipinski definition) is 2. The van der Waals surface area contributed by atoms with Crippen molar-refractivity contribution in [2.75, 3.05) is 6.54 Å². The van der Waals surface area contributed by atoms with E-state index in [4.69, 9.17) is 5.73 Å². The van der Waals surface area contributed by atoms with E-state index in [-0.39, 0.29) is 17.0 Å². The van der Waals surface area contributed by atoms with Gasteiger partial charge >= 0.3 is 0 Å². The zero-order valence-corrected chi connectivity index (χ0v) is 10.3. The van der Waals surface area contributed by atoms with Gasteiger partial charge in [-0.25, -0.2) is 4.39 Å². The van der Waals surface area contributed by atoms with Gasteiger partial charge in [-0.05, 0) is 43.0 Å². The summed E-state index contributed by atoms with van der Waals surface area (Å²) in [6.45, 7) is 2.16. The molecule has 0 aromatic heterocycles.